The van der Waals surface area contributed by atoms with Crippen molar-refractivity contribution in [2.24, 2.45) is 0 Å². The van der Waals surface area contributed by atoms with Crippen molar-refractivity contribution in [1.29, 1.82) is 0 Å². The van der Waals surface area contributed by atoms with Crippen molar-refractivity contribution in [3.63, 3.8) is 0 Å². The maximum atomic E-state index is 5.19. The van der Waals surface area contributed by atoms with Crippen molar-refractivity contribution in [2.45, 2.75) is 20.3 Å². The van der Waals surface area contributed by atoms with E-state index in [4.69, 9.17) is 4.74 Å². The largest absolute Gasteiger partial charge is 0.480 e. The minimum Gasteiger partial charge on any atom is -0.480 e. The first-order valence-electron chi connectivity index (χ1n) is 3.75. The van der Waals surface area contributed by atoms with E-state index in [-0.39, 0.29) is 0 Å². The highest BCUT2D eigenvalue weighted by Crippen LogP contribution is 1.99. The van der Waals surface area contributed by atoms with E-state index >= 15 is 0 Å². The molecule has 0 heterocycles. The lowest BCUT2D eigenvalue weighted by atomic mass is 10.4. The van der Waals surface area contributed by atoms with Crippen molar-refractivity contribution in [3.8, 4) is 0 Å². The molecular formula is C8H17NO. The molecule has 0 atom stereocenters. The van der Waals surface area contributed by atoms with E-state index in [0.29, 0.717) is 6.61 Å². The van der Waals surface area contributed by atoms with Gasteiger partial charge in [-0.05, 0) is 19.9 Å². The van der Waals surface area contributed by atoms with E-state index < -0.39 is 0 Å². The second kappa shape index (κ2) is 5.15. The molecule has 0 aliphatic rings. The van der Waals surface area contributed by atoms with Gasteiger partial charge in [0.2, 0.25) is 0 Å². The third-order valence-corrected chi connectivity index (χ3v) is 1.30. The van der Waals surface area contributed by atoms with Crippen LogP contribution in [0.3, 0.4) is 0 Å². The molecule has 0 spiro atoms. The van der Waals surface area contributed by atoms with Gasteiger partial charge in [0.1, 0.15) is 0 Å². The molecular weight excluding hydrogens is 126 g/mol. The Hall–Kier alpha value is -0.660. The number of ether oxygens (including phenoxy) is 1. The van der Waals surface area contributed by atoms with Crippen LogP contribution in [0, 0.1) is 0 Å². The van der Waals surface area contributed by atoms with E-state index in [2.05, 4.69) is 13.5 Å². The Balaban J connectivity index is 3.49. The van der Waals surface area contributed by atoms with Gasteiger partial charge in [-0.2, -0.15) is 0 Å². The van der Waals surface area contributed by atoms with Crippen LogP contribution >= 0.6 is 0 Å². The fourth-order valence-electron chi connectivity index (χ4n) is 0.737. The van der Waals surface area contributed by atoms with Gasteiger partial charge in [0.05, 0.1) is 6.61 Å². The molecule has 0 saturated heterocycles. The van der Waals surface area contributed by atoms with E-state index in [9.17, 15) is 0 Å². The van der Waals surface area contributed by atoms with Crippen molar-refractivity contribution >= 4 is 0 Å². The van der Waals surface area contributed by atoms with E-state index in [1.165, 1.54) is 0 Å². The van der Waals surface area contributed by atoms with Crippen molar-refractivity contribution in [1.82, 2.24) is 4.90 Å². The molecule has 0 aromatic carbocycles. The van der Waals surface area contributed by atoms with Gasteiger partial charge < -0.3 is 9.64 Å². The second-order valence-corrected chi connectivity index (χ2v) is 2.25. The molecule has 0 aromatic rings. The van der Waals surface area contributed by atoms with Gasteiger partial charge in [0, 0.05) is 13.6 Å². The predicted molar refractivity (Wildman–Crippen MR) is 43.7 cm³/mol. The average Bonchev–Trinajstić information content (AvgIpc) is 1.89. The molecule has 0 bridgehead atoms. The van der Waals surface area contributed by atoms with Crippen LogP contribution in [0.4, 0.5) is 0 Å². The smallest absolute Gasteiger partial charge is 0.181 e. The minimum absolute atomic E-state index is 0.701. The van der Waals surface area contributed by atoms with Crippen LogP contribution in [-0.4, -0.2) is 25.1 Å². The zero-order valence-electron chi connectivity index (χ0n) is 7.18. The fourth-order valence-corrected chi connectivity index (χ4v) is 0.737. The van der Waals surface area contributed by atoms with Gasteiger partial charge in [-0.25, -0.2) is 0 Å². The Morgan fingerprint density at radius 2 is 2.10 bits per heavy atom. The predicted octanol–water partition coefficient (Wildman–Crippen LogP) is 1.84. The highest BCUT2D eigenvalue weighted by molar-refractivity contribution is 4.79. The average molecular weight is 143 g/mol. The lowest BCUT2D eigenvalue weighted by Gasteiger charge is -2.19. The maximum absolute atomic E-state index is 5.19. The highest BCUT2D eigenvalue weighted by Gasteiger charge is 1.98. The van der Waals surface area contributed by atoms with Crippen LogP contribution in [-0.2, 0) is 4.74 Å². The Labute approximate surface area is 63.5 Å². The lowest BCUT2D eigenvalue weighted by molar-refractivity contribution is 0.139. The summed E-state index contributed by atoms with van der Waals surface area (Å²) in [6.45, 7) is 9.58. The maximum Gasteiger partial charge on any atom is 0.181 e. The van der Waals surface area contributed by atoms with Crippen LogP contribution in [0.25, 0.3) is 0 Å². The van der Waals surface area contributed by atoms with Crippen LogP contribution < -0.4 is 0 Å². The first kappa shape index (κ1) is 9.34. The Morgan fingerprint density at radius 3 is 2.50 bits per heavy atom. The molecule has 0 radical (unpaired) electrons. The Bertz CT molecular complexity index is 101. The summed E-state index contributed by atoms with van der Waals surface area (Å²) in [5.74, 6) is 0.768. The number of hydrogen-bond donors (Lipinski definition) is 0. The summed E-state index contributed by atoms with van der Waals surface area (Å²) in [5, 5.41) is 0. The van der Waals surface area contributed by atoms with Crippen LogP contribution in [0.2, 0.25) is 0 Å². The summed E-state index contributed by atoms with van der Waals surface area (Å²) in [6.07, 6.45) is 1.13. The number of rotatable bonds is 5. The van der Waals surface area contributed by atoms with Gasteiger partial charge in [-0.1, -0.05) is 6.92 Å². The molecule has 10 heavy (non-hydrogen) atoms. The number of hydrogen-bond acceptors (Lipinski definition) is 2. The van der Waals surface area contributed by atoms with Gasteiger partial charge in [0.15, 0.2) is 5.88 Å². The van der Waals surface area contributed by atoms with Crippen molar-refractivity contribution < 1.29 is 4.74 Å². The molecule has 0 N–H and O–H groups in total. The zero-order valence-corrected chi connectivity index (χ0v) is 7.18. The monoisotopic (exact) mass is 143 g/mol. The normalized spacial score (nSPS) is 9.10. The van der Waals surface area contributed by atoms with Crippen molar-refractivity contribution in [2.75, 3.05) is 20.2 Å². The molecule has 2 heteroatoms. The second-order valence-electron chi connectivity index (χ2n) is 2.25. The molecule has 0 aliphatic carbocycles. The summed E-state index contributed by atoms with van der Waals surface area (Å²) in [6, 6.07) is 0. The molecule has 0 fully saturated rings. The topological polar surface area (TPSA) is 12.5 Å². The van der Waals surface area contributed by atoms with E-state index in [1.54, 1.807) is 0 Å². The molecule has 0 unspecified atom stereocenters. The zero-order chi connectivity index (χ0) is 7.98. The summed E-state index contributed by atoms with van der Waals surface area (Å²) in [7, 11) is 1.99. The quantitative estimate of drug-likeness (QED) is 0.544. The summed E-state index contributed by atoms with van der Waals surface area (Å²) in [5.41, 5.74) is 0. The Morgan fingerprint density at radius 1 is 1.50 bits per heavy atom. The Kier molecular flexibility index (Phi) is 4.81. The van der Waals surface area contributed by atoms with Crippen LogP contribution in [0.5, 0.6) is 0 Å². The molecule has 0 amide bonds. The van der Waals surface area contributed by atoms with Gasteiger partial charge in [-0.15, -0.1) is 0 Å². The molecule has 0 rings (SSSR count). The highest BCUT2D eigenvalue weighted by atomic mass is 16.5. The van der Waals surface area contributed by atoms with Crippen LogP contribution in [0.1, 0.15) is 20.3 Å². The first-order valence-corrected chi connectivity index (χ1v) is 3.75. The molecule has 60 valence electrons. The lowest BCUT2D eigenvalue weighted by Crippen LogP contribution is -2.19. The first-order chi connectivity index (χ1) is 4.72. The molecule has 0 saturated carbocycles. The minimum atomic E-state index is 0.701. The summed E-state index contributed by atoms with van der Waals surface area (Å²) < 4.78 is 5.19. The SMILES string of the molecule is C=C(OCC)N(C)CCC. The number of nitrogens with zero attached hydrogens (tertiary/aromatic N) is 1. The molecule has 0 aromatic heterocycles. The standard InChI is InChI=1S/C8H17NO/c1-5-7-9(4)8(3)10-6-2/h3,5-7H2,1-2,4H3. The van der Waals surface area contributed by atoms with Gasteiger partial charge >= 0.3 is 0 Å². The molecule has 2 nitrogen and oxygen atoms in total. The third-order valence-electron chi connectivity index (χ3n) is 1.30. The van der Waals surface area contributed by atoms with Crippen molar-refractivity contribution in [3.05, 3.63) is 12.5 Å². The third kappa shape index (κ3) is 3.38. The fraction of sp³-hybridized carbons (Fsp3) is 0.750. The van der Waals surface area contributed by atoms with Gasteiger partial charge in [-0.3, -0.25) is 0 Å². The van der Waals surface area contributed by atoms with Crippen LogP contribution in [0.15, 0.2) is 12.5 Å². The van der Waals surface area contributed by atoms with E-state index in [0.717, 1.165) is 18.8 Å². The van der Waals surface area contributed by atoms with E-state index in [1.807, 2.05) is 18.9 Å². The summed E-state index contributed by atoms with van der Waals surface area (Å²) in [4.78, 5) is 2.02. The summed E-state index contributed by atoms with van der Waals surface area (Å²) >= 11 is 0. The van der Waals surface area contributed by atoms with Gasteiger partial charge in [0.25, 0.3) is 0 Å². The molecule has 0 aliphatic heterocycles.